The molecule has 0 radical (unpaired) electrons. The number of hydrogen-bond acceptors (Lipinski definition) is 3. The Labute approximate surface area is 139 Å². The summed E-state index contributed by atoms with van der Waals surface area (Å²) in [5, 5.41) is 2.33. The lowest BCUT2D eigenvalue weighted by Gasteiger charge is -2.28. The van der Waals surface area contributed by atoms with Gasteiger partial charge in [0.15, 0.2) is 5.82 Å². The Balaban J connectivity index is 0.00000176. The molecule has 4 nitrogen and oxygen atoms in total. The van der Waals surface area contributed by atoms with Crippen LogP contribution < -0.4 is 22.6 Å². The first-order valence-corrected chi connectivity index (χ1v) is 8.47. The largest absolute Gasteiger partial charge is 1.00 e. The summed E-state index contributed by atoms with van der Waals surface area (Å²) >= 11 is 0. The quantitative estimate of drug-likeness (QED) is 0.771. The van der Waals surface area contributed by atoms with Gasteiger partial charge in [0.1, 0.15) is 17.2 Å². The van der Waals surface area contributed by atoms with Gasteiger partial charge in [-0.15, -0.1) is 0 Å². The Morgan fingerprint density at radius 1 is 1.14 bits per heavy atom. The van der Waals surface area contributed by atoms with E-state index in [0.717, 1.165) is 24.6 Å². The SMILES string of the molecule is CCCCCC1=Cc2nc(C)nc(N3CCCCC3)c2[NH2+]1.[Cl-]. The molecule has 2 aliphatic heterocycles. The minimum atomic E-state index is 0. The first-order valence-electron chi connectivity index (χ1n) is 8.47. The van der Waals surface area contributed by atoms with Crippen molar-refractivity contribution in [1.29, 1.82) is 0 Å². The van der Waals surface area contributed by atoms with E-state index in [9.17, 15) is 0 Å². The molecule has 3 heterocycles. The molecule has 122 valence electrons. The smallest absolute Gasteiger partial charge is 0.203 e. The minimum Gasteiger partial charge on any atom is -1.00 e. The second-order valence-electron chi connectivity index (χ2n) is 6.26. The van der Waals surface area contributed by atoms with Crippen LogP contribution in [0.15, 0.2) is 5.70 Å². The van der Waals surface area contributed by atoms with Gasteiger partial charge in [-0.2, -0.15) is 0 Å². The summed E-state index contributed by atoms with van der Waals surface area (Å²) < 4.78 is 0. The average molecular weight is 323 g/mol. The maximum atomic E-state index is 4.75. The molecule has 0 bridgehead atoms. The maximum Gasteiger partial charge on any atom is 0.203 e. The van der Waals surface area contributed by atoms with Gasteiger partial charge in [0.2, 0.25) is 5.69 Å². The highest BCUT2D eigenvalue weighted by Gasteiger charge is 2.27. The first kappa shape index (κ1) is 17.2. The van der Waals surface area contributed by atoms with Gasteiger partial charge in [-0.3, -0.25) is 5.32 Å². The lowest BCUT2D eigenvalue weighted by atomic mass is 10.1. The zero-order valence-corrected chi connectivity index (χ0v) is 14.5. The number of nitrogens with zero attached hydrogens (tertiary/aromatic N) is 3. The Hall–Kier alpha value is -1.13. The molecule has 2 N–H and O–H groups in total. The van der Waals surface area contributed by atoms with Crippen molar-refractivity contribution in [3.05, 3.63) is 17.2 Å². The predicted octanol–water partition coefficient (Wildman–Crippen LogP) is -0.0910. The molecule has 0 amide bonds. The van der Waals surface area contributed by atoms with Crippen LogP contribution in [-0.2, 0) is 0 Å². The van der Waals surface area contributed by atoms with E-state index in [4.69, 9.17) is 4.98 Å². The molecule has 1 aromatic rings. The molecule has 0 atom stereocenters. The maximum absolute atomic E-state index is 4.75. The monoisotopic (exact) mass is 322 g/mol. The normalized spacial score (nSPS) is 17.0. The third kappa shape index (κ3) is 3.79. The highest BCUT2D eigenvalue weighted by atomic mass is 35.5. The molecule has 22 heavy (non-hydrogen) atoms. The third-order valence-corrected chi connectivity index (χ3v) is 4.44. The van der Waals surface area contributed by atoms with Crippen LogP contribution >= 0.6 is 0 Å². The van der Waals surface area contributed by atoms with Crippen molar-refractivity contribution >= 4 is 17.6 Å². The fraction of sp³-hybridized carbons (Fsp3) is 0.647. The van der Waals surface area contributed by atoms with Crippen molar-refractivity contribution in [2.75, 3.05) is 18.0 Å². The number of rotatable bonds is 5. The van der Waals surface area contributed by atoms with Gasteiger partial charge in [-0.25, -0.2) is 9.97 Å². The molecule has 0 saturated carbocycles. The van der Waals surface area contributed by atoms with E-state index < -0.39 is 0 Å². The van der Waals surface area contributed by atoms with Crippen molar-refractivity contribution in [1.82, 2.24) is 9.97 Å². The molecular formula is C17H27ClN4. The predicted molar refractivity (Wildman–Crippen MR) is 86.5 cm³/mol. The molecule has 0 aromatic carbocycles. The highest BCUT2D eigenvalue weighted by Crippen LogP contribution is 2.30. The van der Waals surface area contributed by atoms with E-state index in [2.05, 4.69) is 28.2 Å². The summed E-state index contributed by atoms with van der Waals surface area (Å²) in [5.74, 6) is 2.06. The van der Waals surface area contributed by atoms with E-state index in [1.807, 2.05) is 6.92 Å². The third-order valence-electron chi connectivity index (χ3n) is 4.44. The number of aryl methyl sites for hydroxylation is 1. The van der Waals surface area contributed by atoms with Crippen molar-refractivity contribution in [2.24, 2.45) is 0 Å². The summed E-state index contributed by atoms with van der Waals surface area (Å²) in [7, 11) is 0. The van der Waals surface area contributed by atoms with Crippen molar-refractivity contribution in [3.63, 3.8) is 0 Å². The topological polar surface area (TPSA) is 45.6 Å². The van der Waals surface area contributed by atoms with Crippen molar-refractivity contribution < 1.29 is 17.7 Å². The van der Waals surface area contributed by atoms with E-state index in [-0.39, 0.29) is 12.4 Å². The number of anilines is 1. The van der Waals surface area contributed by atoms with Crippen LogP contribution in [0.4, 0.5) is 11.5 Å². The molecule has 3 rings (SSSR count). The number of allylic oxidation sites excluding steroid dienone is 1. The van der Waals surface area contributed by atoms with Gasteiger partial charge in [-0.05, 0) is 32.6 Å². The van der Waals surface area contributed by atoms with Crippen molar-refractivity contribution in [2.45, 2.75) is 58.8 Å². The van der Waals surface area contributed by atoms with Crippen LogP contribution in [0.1, 0.15) is 63.4 Å². The Bertz CT molecular complexity index is 536. The minimum absolute atomic E-state index is 0. The summed E-state index contributed by atoms with van der Waals surface area (Å²) in [6.07, 6.45) is 11.2. The lowest BCUT2D eigenvalue weighted by Crippen LogP contribution is -3.00. The summed E-state index contributed by atoms with van der Waals surface area (Å²) in [4.78, 5) is 11.8. The molecule has 1 saturated heterocycles. The second-order valence-corrected chi connectivity index (χ2v) is 6.26. The average Bonchev–Trinajstić information content (AvgIpc) is 2.90. The Morgan fingerprint density at radius 2 is 1.91 bits per heavy atom. The van der Waals surface area contributed by atoms with E-state index in [1.165, 1.54) is 62.1 Å². The summed E-state index contributed by atoms with van der Waals surface area (Å²) in [6, 6.07) is 0. The van der Waals surface area contributed by atoms with E-state index >= 15 is 0 Å². The standard InChI is InChI=1S/C17H26N4.ClH/c1-3-4-6-9-14-12-15-16(20-14)17(19-13(2)18-15)21-10-7-5-8-11-21;/h12,20H,3-11H2,1-2H3;1H. The van der Waals surface area contributed by atoms with Gasteiger partial charge in [0.05, 0.1) is 0 Å². The molecular weight excluding hydrogens is 296 g/mol. The highest BCUT2D eigenvalue weighted by molar-refractivity contribution is 5.72. The zero-order chi connectivity index (χ0) is 14.7. The second kappa shape index (κ2) is 7.93. The Morgan fingerprint density at radius 3 is 2.64 bits per heavy atom. The van der Waals surface area contributed by atoms with Gasteiger partial charge < -0.3 is 17.3 Å². The zero-order valence-electron chi connectivity index (χ0n) is 13.7. The fourth-order valence-electron chi connectivity index (χ4n) is 3.31. The van der Waals surface area contributed by atoms with E-state index in [0.29, 0.717) is 0 Å². The molecule has 0 aliphatic carbocycles. The Kier molecular flexibility index (Phi) is 6.21. The van der Waals surface area contributed by atoms with E-state index in [1.54, 1.807) is 0 Å². The van der Waals surface area contributed by atoms with Gasteiger partial charge in [0.25, 0.3) is 0 Å². The molecule has 1 fully saturated rings. The number of nitrogens with two attached hydrogens (primary N) is 1. The molecule has 1 aromatic heterocycles. The van der Waals surface area contributed by atoms with Crippen LogP contribution in [0, 0.1) is 6.92 Å². The summed E-state index contributed by atoms with van der Waals surface area (Å²) in [5.41, 5.74) is 3.82. The van der Waals surface area contributed by atoms with Crippen LogP contribution in [0.2, 0.25) is 0 Å². The van der Waals surface area contributed by atoms with Crippen molar-refractivity contribution in [3.8, 4) is 0 Å². The number of quaternary nitrogens is 1. The van der Waals surface area contributed by atoms with Gasteiger partial charge in [-0.1, -0.05) is 19.8 Å². The number of piperidine rings is 1. The number of halogens is 1. The van der Waals surface area contributed by atoms with Crippen LogP contribution in [0.5, 0.6) is 0 Å². The molecule has 5 heteroatoms. The number of aromatic nitrogens is 2. The van der Waals surface area contributed by atoms with Crippen LogP contribution in [-0.4, -0.2) is 23.1 Å². The van der Waals surface area contributed by atoms with Crippen LogP contribution in [0.3, 0.4) is 0 Å². The molecule has 0 spiro atoms. The van der Waals surface area contributed by atoms with Gasteiger partial charge >= 0.3 is 0 Å². The van der Waals surface area contributed by atoms with Crippen LogP contribution in [0.25, 0.3) is 6.08 Å². The molecule has 0 unspecified atom stereocenters. The number of fused-ring (bicyclic) bond motifs is 1. The lowest BCUT2D eigenvalue weighted by molar-refractivity contribution is -0.514. The number of hydrogen-bond donors (Lipinski definition) is 1. The van der Waals surface area contributed by atoms with Gasteiger partial charge in [0, 0.05) is 25.6 Å². The fourth-order valence-corrected chi connectivity index (χ4v) is 3.31. The summed E-state index contributed by atoms with van der Waals surface area (Å²) in [6.45, 7) is 6.55. The number of unbranched alkanes of at least 4 members (excludes halogenated alkanes) is 2. The molecule has 2 aliphatic rings. The first-order chi connectivity index (χ1) is 10.3.